The van der Waals surface area contributed by atoms with Crippen LogP contribution in [0.15, 0.2) is 42.7 Å². The molecule has 0 fully saturated rings. The molecule has 0 bridgehead atoms. The highest BCUT2D eigenvalue weighted by Gasteiger charge is 2.11. The molecule has 2 rings (SSSR count). The molecule has 1 aliphatic heterocycles. The molecule has 2 nitrogen and oxygen atoms in total. The Balaban J connectivity index is 1.28. The van der Waals surface area contributed by atoms with Gasteiger partial charge in [-0.2, -0.15) is 0 Å². The predicted molar refractivity (Wildman–Crippen MR) is 137 cm³/mol. The molecule has 2 heteroatoms. The van der Waals surface area contributed by atoms with Gasteiger partial charge in [0.25, 0.3) is 0 Å². The minimum Gasteiger partial charge on any atom is -0.359 e. The van der Waals surface area contributed by atoms with Crippen molar-refractivity contribution < 1.29 is 0 Å². The summed E-state index contributed by atoms with van der Waals surface area (Å²) in [7, 11) is 0. The maximum absolute atomic E-state index is 2.47. The first-order valence-corrected chi connectivity index (χ1v) is 13.6. The van der Waals surface area contributed by atoms with E-state index in [4.69, 9.17) is 0 Å². The summed E-state index contributed by atoms with van der Waals surface area (Å²) in [6.07, 6.45) is 29.0. The van der Waals surface area contributed by atoms with Gasteiger partial charge in [0, 0.05) is 25.5 Å². The first kappa shape index (κ1) is 25.8. The number of rotatable bonds is 20. The van der Waals surface area contributed by atoms with Gasteiger partial charge in [0.15, 0.2) is 0 Å². The van der Waals surface area contributed by atoms with Gasteiger partial charge in [0.05, 0.1) is 6.67 Å². The van der Waals surface area contributed by atoms with Crippen LogP contribution in [-0.2, 0) is 6.54 Å². The second-order valence-corrected chi connectivity index (χ2v) is 9.64. The predicted octanol–water partition coefficient (Wildman–Crippen LogP) is 8.88. The standard InChI is InChI=1S/C29H50N2/c1-2-3-4-5-6-7-8-9-10-11-12-13-14-15-16-17-21-24-30-25-26-31(28-30)27-29-22-19-18-20-23-29/h18-20,22-23,25-26H,2-17,21,24,27-28H2,1H3. The van der Waals surface area contributed by atoms with E-state index < -0.39 is 0 Å². The Morgan fingerprint density at radius 1 is 0.548 bits per heavy atom. The Morgan fingerprint density at radius 2 is 1.00 bits per heavy atom. The molecule has 1 aromatic rings. The fourth-order valence-electron chi connectivity index (χ4n) is 4.62. The van der Waals surface area contributed by atoms with Crippen molar-refractivity contribution in [3.05, 3.63) is 48.3 Å². The van der Waals surface area contributed by atoms with Gasteiger partial charge in [-0.15, -0.1) is 0 Å². The maximum atomic E-state index is 2.47. The molecular formula is C29H50N2. The topological polar surface area (TPSA) is 6.48 Å². The molecule has 0 N–H and O–H groups in total. The zero-order valence-corrected chi connectivity index (χ0v) is 20.6. The smallest absolute Gasteiger partial charge is 0.0897 e. The molecule has 0 amide bonds. The Bertz CT molecular complexity index is 539. The Hall–Kier alpha value is -1.44. The molecule has 0 radical (unpaired) electrons. The Morgan fingerprint density at radius 3 is 1.52 bits per heavy atom. The molecule has 31 heavy (non-hydrogen) atoms. The van der Waals surface area contributed by atoms with E-state index >= 15 is 0 Å². The average molecular weight is 427 g/mol. The van der Waals surface area contributed by atoms with E-state index in [-0.39, 0.29) is 0 Å². The van der Waals surface area contributed by atoms with Crippen molar-refractivity contribution in [2.45, 2.75) is 123 Å². The van der Waals surface area contributed by atoms with Crippen LogP contribution in [0.3, 0.4) is 0 Å². The molecule has 1 heterocycles. The monoisotopic (exact) mass is 426 g/mol. The van der Waals surface area contributed by atoms with Crippen molar-refractivity contribution >= 4 is 0 Å². The number of unbranched alkanes of at least 4 members (excludes halogenated alkanes) is 16. The van der Waals surface area contributed by atoms with Crippen molar-refractivity contribution in [1.82, 2.24) is 9.80 Å². The van der Waals surface area contributed by atoms with Gasteiger partial charge < -0.3 is 9.80 Å². The first-order valence-electron chi connectivity index (χ1n) is 13.6. The van der Waals surface area contributed by atoms with Crippen molar-refractivity contribution in [2.24, 2.45) is 0 Å². The lowest BCUT2D eigenvalue weighted by Crippen LogP contribution is -2.25. The van der Waals surface area contributed by atoms with Crippen LogP contribution in [0.4, 0.5) is 0 Å². The lowest BCUT2D eigenvalue weighted by Gasteiger charge is -2.21. The van der Waals surface area contributed by atoms with Crippen molar-refractivity contribution in [1.29, 1.82) is 0 Å². The van der Waals surface area contributed by atoms with Crippen molar-refractivity contribution in [3.63, 3.8) is 0 Å². The molecule has 1 aliphatic rings. The third-order valence-electron chi connectivity index (χ3n) is 6.63. The Kier molecular flexibility index (Phi) is 15.1. The average Bonchev–Trinajstić information content (AvgIpc) is 3.23. The summed E-state index contributed by atoms with van der Waals surface area (Å²) in [5, 5.41) is 0. The minimum atomic E-state index is 1.02. The van der Waals surface area contributed by atoms with E-state index in [0.29, 0.717) is 0 Å². The first-order chi connectivity index (χ1) is 15.4. The van der Waals surface area contributed by atoms with Crippen LogP contribution < -0.4 is 0 Å². The summed E-state index contributed by atoms with van der Waals surface area (Å²) in [5.74, 6) is 0. The summed E-state index contributed by atoms with van der Waals surface area (Å²) in [6, 6.07) is 10.8. The molecule has 0 atom stereocenters. The maximum Gasteiger partial charge on any atom is 0.0897 e. The zero-order valence-electron chi connectivity index (χ0n) is 20.6. The highest BCUT2D eigenvalue weighted by Crippen LogP contribution is 2.15. The minimum absolute atomic E-state index is 1.02. The van der Waals surface area contributed by atoms with Crippen LogP contribution in [0.2, 0.25) is 0 Å². The fourth-order valence-corrected chi connectivity index (χ4v) is 4.62. The normalized spacial score (nSPS) is 13.5. The molecule has 1 aromatic carbocycles. The van der Waals surface area contributed by atoms with Crippen molar-refractivity contribution in [2.75, 3.05) is 13.2 Å². The van der Waals surface area contributed by atoms with E-state index in [9.17, 15) is 0 Å². The van der Waals surface area contributed by atoms with Crippen LogP contribution in [0.25, 0.3) is 0 Å². The van der Waals surface area contributed by atoms with Gasteiger partial charge in [0.2, 0.25) is 0 Å². The lowest BCUT2D eigenvalue weighted by atomic mass is 10.0. The molecular weight excluding hydrogens is 376 g/mol. The van der Waals surface area contributed by atoms with E-state index in [1.165, 1.54) is 121 Å². The molecule has 0 aliphatic carbocycles. The van der Waals surface area contributed by atoms with E-state index in [2.05, 4.69) is 59.5 Å². The van der Waals surface area contributed by atoms with Crippen LogP contribution >= 0.6 is 0 Å². The summed E-state index contributed by atoms with van der Waals surface area (Å²) in [6.45, 7) is 5.58. The van der Waals surface area contributed by atoms with Gasteiger partial charge in [-0.25, -0.2) is 0 Å². The molecule has 0 spiro atoms. The Labute approximate surface area is 194 Å². The largest absolute Gasteiger partial charge is 0.359 e. The summed E-state index contributed by atoms with van der Waals surface area (Å²) in [4.78, 5) is 4.87. The SMILES string of the molecule is CCCCCCCCCCCCCCCCCCCN1C=CN(Cc2ccccc2)C1. The number of nitrogens with zero attached hydrogens (tertiary/aromatic N) is 2. The summed E-state index contributed by atoms with van der Waals surface area (Å²) < 4.78 is 0. The highest BCUT2D eigenvalue weighted by atomic mass is 15.3. The van der Waals surface area contributed by atoms with Crippen molar-refractivity contribution in [3.8, 4) is 0 Å². The fraction of sp³-hybridized carbons (Fsp3) is 0.724. The van der Waals surface area contributed by atoms with Crippen LogP contribution in [0.1, 0.15) is 122 Å². The molecule has 0 unspecified atom stereocenters. The van der Waals surface area contributed by atoms with E-state index in [1.54, 1.807) is 0 Å². The van der Waals surface area contributed by atoms with E-state index in [1.807, 2.05) is 0 Å². The number of hydrogen-bond acceptors (Lipinski definition) is 2. The summed E-state index contributed by atoms with van der Waals surface area (Å²) >= 11 is 0. The molecule has 176 valence electrons. The lowest BCUT2D eigenvalue weighted by molar-refractivity contribution is 0.256. The summed E-state index contributed by atoms with van der Waals surface area (Å²) in [5.41, 5.74) is 1.40. The van der Waals surface area contributed by atoms with Gasteiger partial charge in [-0.05, 0) is 12.0 Å². The molecule has 0 aromatic heterocycles. The number of hydrogen-bond donors (Lipinski definition) is 0. The molecule has 0 saturated heterocycles. The molecule has 0 saturated carbocycles. The second kappa shape index (κ2) is 18.2. The number of benzene rings is 1. The second-order valence-electron chi connectivity index (χ2n) is 9.64. The highest BCUT2D eigenvalue weighted by molar-refractivity contribution is 5.15. The van der Waals surface area contributed by atoms with Gasteiger partial charge in [-0.3, -0.25) is 0 Å². The van der Waals surface area contributed by atoms with Crippen LogP contribution in [-0.4, -0.2) is 23.0 Å². The van der Waals surface area contributed by atoms with Gasteiger partial charge in [0.1, 0.15) is 0 Å². The quantitative estimate of drug-likeness (QED) is 0.192. The van der Waals surface area contributed by atoms with E-state index in [0.717, 1.165) is 13.2 Å². The third-order valence-corrected chi connectivity index (χ3v) is 6.63. The third kappa shape index (κ3) is 13.6. The zero-order chi connectivity index (χ0) is 21.8. The van der Waals surface area contributed by atoms with Crippen LogP contribution in [0, 0.1) is 0 Å². The van der Waals surface area contributed by atoms with Gasteiger partial charge in [-0.1, -0.05) is 140 Å². The van der Waals surface area contributed by atoms with Gasteiger partial charge >= 0.3 is 0 Å². The van der Waals surface area contributed by atoms with Crippen LogP contribution in [0.5, 0.6) is 0 Å².